The molecular formula is C8H16ClN. The Labute approximate surface area is 68.4 Å². The van der Waals surface area contributed by atoms with Crippen LogP contribution in [0.5, 0.6) is 0 Å². The minimum absolute atomic E-state index is 0.371. The summed E-state index contributed by atoms with van der Waals surface area (Å²) in [4.78, 5) is 2.39. The van der Waals surface area contributed by atoms with Gasteiger partial charge in [0.2, 0.25) is 0 Å². The van der Waals surface area contributed by atoms with Crippen LogP contribution in [0.2, 0.25) is 0 Å². The molecule has 1 aliphatic rings. The van der Waals surface area contributed by atoms with E-state index in [4.69, 9.17) is 11.6 Å². The third-order valence-corrected chi connectivity index (χ3v) is 3.10. The summed E-state index contributed by atoms with van der Waals surface area (Å²) in [6.45, 7) is 4.43. The second-order valence-electron chi connectivity index (χ2n) is 3.56. The molecule has 0 atom stereocenters. The van der Waals surface area contributed by atoms with Crippen LogP contribution >= 0.6 is 11.6 Å². The maximum absolute atomic E-state index is 5.85. The zero-order chi connectivity index (χ0) is 7.78. The van der Waals surface area contributed by atoms with Crippen LogP contribution in [0.1, 0.15) is 26.7 Å². The predicted molar refractivity (Wildman–Crippen MR) is 45.6 cm³/mol. The third-order valence-electron chi connectivity index (χ3n) is 2.60. The minimum Gasteiger partial charge on any atom is -0.297 e. The van der Waals surface area contributed by atoms with Gasteiger partial charge in [-0.1, -0.05) is 0 Å². The molecule has 60 valence electrons. The quantitative estimate of drug-likeness (QED) is 0.573. The summed E-state index contributed by atoms with van der Waals surface area (Å²) >= 11 is 5.85. The zero-order valence-corrected chi connectivity index (χ0v) is 7.78. The Balaban J connectivity index is 2.47. The lowest BCUT2D eigenvalue weighted by atomic mass is 10.2. The maximum atomic E-state index is 5.85. The summed E-state index contributed by atoms with van der Waals surface area (Å²) in [5.41, 5.74) is 0.371. The summed E-state index contributed by atoms with van der Waals surface area (Å²) in [5.74, 6) is 0.793. The number of alkyl halides is 1. The largest absolute Gasteiger partial charge is 0.297 e. The highest BCUT2D eigenvalue weighted by Crippen LogP contribution is 2.42. The van der Waals surface area contributed by atoms with Crippen LogP contribution in [0, 0.1) is 0 Å². The topological polar surface area (TPSA) is 3.24 Å². The van der Waals surface area contributed by atoms with Gasteiger partial charge in [0.15, 0.2) is 0 Å². The monoisotopic (exact) mass is 161 g/mol. The summed E-state index contributed by atoms with van der Waals surface area (Å²) in [7, 11) is 2.17. The van der Waals surface area contributed by atoms with Crippen molar-refractivity contribution >= 4 is 11.6 Å². The SMILES string of the molecule is CC(C)N(C)C1(CCl)CC1. The molecule has 0 amide bonds. The average molecular weight is 162 g/mol. The van der Waals surface area contributed by atoms with Gasteiger partial charge in [-0.3, -0.25) is 4.90 Å². The lowest BCUT2D eigenvalue weighted by Gasteiger charge is -2.29. The molecule has 10 heavy (non-hydrogen) atoms. The van der Waals surface area contributed by atoms with E-state index in [2.05, 4.69) is 25.8 Å². The molecule has 0 aliphatic heterocycles. The van der Waals surface area contributed by atoms with Gasteiger partial charge in [0.25, 0.3) is 0 Å². The Morgan fingerprint density at radius 1 is 1.50 bits per heavy atom. The molecule has 1 aliphatic carbocycles. The summed E-state index contributed by atoms with van der Waals surface area (Å²) in [6.07, 6.45) is 2.57. The van der Waals surface area contributed by atoms with Crippen LogP contribution in [-0.4, -0.2) is 29.4 Å². The molecule has 2 heteroatoms. The van der Waals surface area contributed by atoms with E-state index in [1.54, 1.807) is 0 Å². The molecule has 0 aromatic heterocycles. The average Bonchev–Trinajstić information content (AvgIpc) is 2.66. The predicted octanol–water partition coefficient (Wildman–Crippen LogP) is 2.10. The molecule has 0 saturated heterocycles. The van der Waals surface area contributed by atoms with Gasteiger partial charge < -0.3 is 0 Å². The standard InChI is InChI=1S/C8H16ClN/c1-7(2)10(3)8(6-9)4-5-8/h7H,4-6H2,1-3H3. The Hall–Kier alpha value is 0.250. The van der Waals surface area contributed by atoms with Crippen LogP contribution < -0.4 is 0 Å². The zero-order valence-electron chi connectivity index (χ0n) is 7.02. The fourth-order valence-corrected chi connectivity index (χ4v) is 1.73. The van der Waals surface area contributed by atoms with E-state index in [1.165, 1.54) is 12.8 Å². The van der Waals surface area contributed by atoms with E-state index >= 15 is 0 Å². The van der Waals surface area contributed by atoms with Crippen molar-refractivity contribution in [3.05, 3.63) is 0 Å². The minimum atomic E-state index is 0.371. The molecule has 1 nitrogen and oxygen atoms in total. The van der Waals surface area contributed by atoms with Crippen LogP contribution in [-0.2, 0) is 0 Å². The van der Waals surface area contributed by atoms with Crippen molar-refractivity contribution in [3.8, 4) is 0 Å². The highest BCUT2D eigenvalue weighted by Gasteiger charge is 2.46. The molecule has 0 spiro atoms. The fraction of sp³-hybridized carbons (Fsp3) is 1.00. The second-order valence-corrected chi connectivity index (χ2v) is 3.83. The van der Waals surface area contributed by atoms with Crippen molar-refractivity contribution in [2.24, 2.45) is 0 Å². The Morgan fingerprint density at radius 2 is 2.00 bits per heavy atom. The van der Waals surface area contributed by atoms with Gasteiger partial charge in [-0.2, -0.15) is 0 Å². The van der Waals surface area contributed by atoms with Crippen LogP contribution in [0.15, 0.2) is 0 Å². The molecular weight excluding hydrogens is 146 g/mol. The second kappa shape index (κ2) is 2.71. The van der Waals surface area contributed by atoms with Gasteiger partial charge in [-0.25, -0.2) is 0 Å². The molecule has 0 bridgehead atoms. The van der Waals surface area contributed by atoms with Crippen molar-refractivity contribution in [2.75, 3.05) is 12.9 Å². The number of rotatable bonds is 3. The van der Waals surface area contributed by atoms with E-state index in [0.717, 1.165) is 5.88 Å². The lowest BCUT2D eigenvalue weighted by molar-refractivity contribution is 0.193. The smallest absolute Gasteiger partial charge is 0.0408 e. The number of hydrogen-bond donors (Lipinski definition) is 0. The molecule has 0 N–H and O–H groups in total. The van der Waals surface area contributed by atoms with E-state index in [1.807, 2.05) is 0 Å². The van der Waals surface area contributed by atoms with Crippen molar-refractivity contribution < 1.29 is 0 Å². The first-order chi connectivity index (χ1) is 4.62. The molecule has 0 heterocycles. The van der Waals surface area contributed by atoms with Crippen LogP contribution in [0.3, 0.4) is 0 Å². The molecule has 0 aromatic rings. The highest BCUT2D eigenvalue weighted by atomic mass is 35.5. The molecule has 0 radical (unpaired) electrons. The number of nitrogens with zero attached hydrogens (tertiary/aromatic N) is 1. The van der Waals surface area contributed by atoms with E-state index in [9.17, 15) is 0 Å². The van der Waals surface area contributed by atoms with Crippen LogP contribution in [0.25, 0.3) is 0 Å². The van der Waals surface area contributed by atoms with E-state index in [0.29, 0.717) is 11.6 Å². The Bertz CT molecular complexity index is 118. The first kappa shape index (κ1) is 8.35. The van der Waals surface area contributed by atoms with Crippen molar-refractivity contribution in [1.82, 2.24) is 4.90 Å². The van der Waals surface area contributed by atoms with Crippen molar-refractivity contribution in [3.63, 3.8) is 0 Å². The highest BCUT2D eigenvalue weighted by molar-refractivity contribution is 6.18. The molecule has 0 unspecified atom stereocenters. The third kappa shape index (κ3) is 1.30. The Kier molecular flexibility index (Phi) is 2.26. The summed E-state index contributed by atoms with van der Waals surface area (Å²) < 4.78 is 0. The van der Waals surface area contributed by atoms with Gasteiger partial charge in [0.1, 0.15) is 0 Å². The van der Waals surface area contributed by atoms with Crippen molar-refractivity contribution in [1.29, 1.82) is 0 Å². The van der Waals surface area contributed by atoms with Crippen LogP contribution in [0.4, 0.5) is 0 Å². The first-order valence-corrected chi connectivity index (χ1v) is 4.45. The fourth-order valence-electron chi connectivity index (χ4n) is 1.27. The molecule has 1 rings (SSSR count). The molecule has 1 saturated carbocycles. The van der Waals surface area contributed by atoms with Gasteiger partial charge in [0, 0.05) is 17.5 Å². The van der Waals surface area contributed by atoms with Gasteiger partial charge in [-0.15, -0.1) is 11.6 Å². The van der Waals surface area contributed by atoms with E-state index in [-0.39, 0.29) is 0 Å². The summed E-state index contributed by atoms with van der Waals surface area (Å²) in [6, 6.07) is 0.626. The first-order valence-electron chi connectivity index (χ1n) is 3.91. The van der Waals surface area contributed by atoms with E-state index < -0.39 is 0 Å². The lowest BCUT2D eigenvalue weighted by Crippen LogP contribution is -2.40. The maximum Gasteiger partial charge on any atom is 0.0408 e. The van der Waals surface area contributed by atoms with Gasteiger partial charge in [0.05, 0.1) is 0 Å². The van der Waals surface area contributed by atoms with Gasteiger partial charge in [-0.05, 0) is 33.7 Å². The van der Waals surface area contributed by atoms with Gasteiger partial charge >= 0.3 is 0 Å². The number of hydrogen-bond acceptors (Lipinski definition) is 1. The number of halogens is 1. The molecule has 1 fully saturated rings. The molecule has 0 aromatic carbocycles. The Morgan fingerprint density at radius 3 is 2.10 bits per heavy atom. The van der Waals surface area contributed by atoms with Crippen molar-refractivity contribution in [2.45, 2.75) is 38.3 Å². The summed E-state index contributed by atoms with van der Waals surface area (Å²) in [5, 5.41) is 0. The normalized spacial score (nSPS) is 22.2.